The van der Waals surface area contributed by atoms with Gasteiger partial charge in [-0.2, -0.15) is 0 Å². The number of nitrogens with one attached hydrogen (secondary N) is 1. The summed E-state index contributed by atoms with van der Waals surface area (Å²) in [6.45, 7) is 10.4. The van der Waals surface area contributed by atoms with Gasteiger partial charge in [-0.3, -0.25) is 0 Å². The van der Waals surface area contributed by atoms with Crippen LogP contribution in [0, 0.1) is 6.92 Å². The minimum atomic E-state index is -0.0973. The summed E-state index contributed by atoms with van der Waals surface area (Å²) in [6, 6.07) is 0.576. The van der Waals surface area contributed by atoms with E-state index in [1.807, 2.05) is 6.92 Å². The van der Waals surface area contributed by atoms with Crippen LogP contribution in [0.3, 0.4) is 0 Å². The van der Waals surface area contributed by atoms with E-state index in [0.717, 1.165) is 23.8 Å². The maximum absolute atomic E-state index is 6.05. The quantitative estimate of drug-likeness (QED) is 0.896. The molecule has 5 nitrogen and oxygen atoms in total. The first-order valence-corrected chi connectivity index (χ1v) is 7.87. The summed E-state index contributed by atoms with van der Waals surface area (Å²) in [4.78, 5) is 11.6. The first-order chi connectivity index (χ1) is 9.79. The zero-order valence-electron chi connectivity index (χ0n) is 14.0. The number of likely N-dealkylation sites (tertiary alicyclic amines) is 1. The van der Waals surface area contributed by atoms with Crippen molar-refractivity contribution in [2.24, 2.45) is 0 Å². The Morgan fingerprint density at radius 3 is 2.62 bits per heavy atom. The van der Waals surface area contributed by atoms with Crippen molar-refractivity contribution in [3.8, 4) is 0 Å². The van der Waals surface area contributed by atoms with Crippen molar-refractivity contribution in [1.82, 2.24) is 14.9 Å². The fourth-order valence-corrected chi connectivity index (χ4v) is 2.66. The molecule has 0 bridgehead atoms. The molecule has 5 heteroatoms. The lowest BCUT2D eigenvalue weighted by atomic mass is 9.95. The van der Waals surface area contributed by atoms with E-state index in [9.17, 15) is 0 Å². The van der Waals surface area contributed by atoms with Crippen LogP contribution in [0.15, 0.2) is 0 Å². The molecular formula is C16H29N5. The number of anilines is 2. The van der Waals surface area contributed by atoms with Gasteiger partial charge in [0.05, 0.1) is 0 Å². The molecule has 1 unspecified atom stereocenters. The van der Waals surface area contributed by atoms with Gasteiger partial charge in [0.15, 0.2) is 0 Å². The minimum Gasteiger partial charge on any atom is -0.383 e. The highest BCUT2D eigenvalue weighted by atomic mass is 15.2. The Morgan fingerprint density at radius 2 is 2.00 bits per heavy atom. The van der Waals surface area contributed by atoms with Crippen LogP contribution in [0.4, 0.5) is 11.6 Å². The van der Waals surface area contributed by atoms with E-state index in [1.165, 1.54) is 25.8 Å². The molecule has 3 N–H and O–H groups in total. The number of piperidine rings is 1. The maximum atomic E-state index is 6.05. The summed E-state index contributed by atoms with van der Waals surface area (Å²) >= 11 is 0. The molecule has 0 amide bonds. The lowest BCUT2D eigenvalue weighted by molar-refractivity contribution is 0.194. The van der Waals surface area contributed by atoms with Gasteiger partial charge >= 0.3 is 0 Å². The summed E-state index contributed by atoms with van der Waals surface area (Å²) in [7, 11) is 2.20. The molecule has 2 rings (SSSR count). The number of likely N-dealkylation sites (N-methyl/N-ethyl adjacent to an activating group) is 1. The predicted octanol–water partition coefficient (Wildman–Crippen LogP) is 2.56. The summed E-state index contributed by atoms with van der Waals surface area (Å²) in [5.41, 5.74) is 6.90. The lowest BCUT2D eigenvalue weighted by Gasteiger charge is -2.32. The van der Waals surface area contributed by atoms with E-state index in [1.54, 1.807) is 0 Å². The summed E-state index contributed by atoms with van der Waals surface area (Å²) < 4.78 is 0. The molecule has 0 saturated carbocycles. The minimum absolute atomic E-state index is 0.0973. The molecule has 0 radical (unpaired) electrons. The van der Waals surface area contributed by atoms with Gasteiger partial charge < -0.3 is 16.0 Å². The van der Waals surface area contributed by atoms with Crippen LogP contribution < -0.4 is 11.1 Å². The van der Waals surface area contributed by atoms with Gasteiger partial charge in [0.2, 0.25) is 0 Å². The highest BCUT2D eigenvalue weighted by Gasteiger charge is 2.22. The van der Waals surface area contributed by atoms with E-state index in [4.69, 9.17) is 10.7 Å². The van der Waals surface area contributed by atoms with Gasteiger partial charge in [0.25, 0.3) is 0 Å². The van der Waals surface area contributed by atoms with Crippen LogP contribution in [0.25, 0.3) is 0 Å². The third-order valence-electron chi connectivity index (χ3n) is 4.28. The smallest absolute Gasteiger partial charge is 0.138 e. The number of nitrogens with two attached hydrogens (primary N) is 1. The average molecular weight is 291 g/mol. The first kappa shape index (κ1) is 16.0. The van der Waals surface area contributed by atoms with E-state index < -0.39 is 0 Å². The number of aromatic nitrogens is 2. The molecule has 0 aromatic carbocycles. The molecular weight excluding hydrogens is 262 g/mol. The number of hydrogen-bond acceptors (Lipinski definition) is 5. The number of rotatable bonds is 3. The Bertz CT molecular complexity index is 492. The number of hydrogen-bond donors (Lipinski definition) is 2. The van der Waals surface area contributed by atoms with Crippen molar-refractivity contribution in [1.29, 1.82) is 0 Å². The summed E-state index contributed by atoms with van der Waals surface area (Å²) in [5.74, 6) is 2.26. The van der Waals surface area contributed by atoms with E-state index in [0.29, 0.717) is 11.9 Å². The standard InChI is InChI=1S/C16H29N5/c1-11-13(17)19-15(16(2,3)4)20-14(11)18-10-12-8-6-7-9-21(12)5/h12H,6-10H2,1-5H3,(H3,17,18,19,20). The molecule has 1 atom stereocenters. The van der Waals surface area contributed by atoms with Gasteiger partial charge in [0.1, 0.15) is 17.5 Å². The molecule has 21 heavy (non-hydrogen) atoms. The lowest BCUT2D eigenvalue weighted by Crippen LogP contribution is -2.41. The van der Waals surface area contributed by atoms with Crippen molar-refractivity contribution in [3.05, 3.63) is 11.4 Å². The van der Waals surface area contributed by atoms with Crippen LogP contribution in [0.1, 0.15) is 51.4 Å². The third-order valence-corrected chi connectivity index (χ3v) is 4.28. The molecule has 118 valence electrons. The van der Waals surface area contributed by atoms with Gasteiger partial charge in [0, 0.05) is 23.6 Å². The molecule has 1 aromatic rings. The van der Waals surface area contributed by atoms with Gasteiger partial charge in [-0.15, -0.1) is 0 Å². The summed E-state index contributed by atoms with van der Waals surface area (Å²) in [6.07, 6.45) is 3.87. The zero-order chi connectivity index (χ0) is 15.6. The van der Waals surface area contributed by atoms with Gasteiger partial charge in [-0.1, -0.05) is 27.2 Å². The topological polar surface area (TPSA) is 67.1 Å². The number of nitrogen functional groups attached to an aromatic ring is 1. The third kappa shape index (κ3) is 3.84. The molecule has 1 aliphatic heterocycles. The number of nitrogens with zero attached hydrogens (tertiary/aromatic N) is 3. The average Bonchev–Trinajstić information content (AvgIpc) is 2.40. The maximum Gasteiger partial charge on any atom is 0.138 e. The molecule has 1 aromatic heterocycles. The van der Waals surface area contributed by atoms with E-state index >= 15 is 0 Å². The summed E-state index contributed by atoms with van der Waals surface area (Å²) in [5, 5.41) is 3.49. The van der Waals surface area contributed by atoms with Crippen LogP contribution >= 0.6 is 0 Å². The van der Waals surface area contributed by atoms with Crippen molar-refractivity contribution in [2.75, 3.05) is 31.2 Å². The zero-order valence-corrected chi connectivity index (χ0v) is 14.0. The second kappa shape index (κ2) is 6.18. The van der Waals surface area contributed by atoms with Crippen molar-refractivity contribution >= 4 is 11.6 Å². The molecule has 1 aliphatic rings. The van der Waals surface area contributed by atoms with Crippen LogP contribution in [-0.2, 0) is 5.41 Å². The fourth-order valence-electron chi connectivity index (χ4n) is 2.66. The van der Waals surface area contributed by atoms with Crippen molar-refractivity contribution in [2.45, 2.75) is 58.4 Å². The van der Waals surface area contributed by atoms with Gasteiger partial charge in [-0.05, 0) is 33.4 Å². The molecule has 0 aliphatic carbocycles. The Labute approximate surface area is 128 Å². The molecule has 1 saturated heterocycles. The van der Waals surface area contributed by atoms with Crippen LogP contribution in [-0.4, -0.2) is 41.0 Å². The molecule has 1 fully saturated rings. The second-order valence-corrected chi connectivity index (χ2v) is 7.17. The van der Waals surface area contributed by atoms with Gasteiger partial charge in [-0.25, -0.2) is 9.97 Å². The molecule has 2 heterocycles. The highest BCUT2D eigenvalue weighted by Crippen LogP contribution is 2.25. The Balaban J connectivity index is 2.13. The van der Waals surface area contributed by atoms with Crippen molar-refractivity contribution in [3.63, 3.8) is 0 Å². The second-order valence-electron chi connectivity index (χ2n) is 7.17. The van der Waals surface area contributed by atoms with Crippen molar-refractivity contribution < 1.29 is 0 Å². The first-order valence-electron chi connectivity index (χ1n) is 7.87. The Hall–Kier alpha value is -1.36. The van der Waals surface area contributed by atoms with Crippen LogP contribution in [0.2, 0.25) is 0 Å². The fraction of sp³-hybridized carbons (Fsp3) is 0.750. The van der Waals surface area contributed by atoms with E-state index in [2.05, 4.69) is 43.0 Å². The normalized spacial score (nSPS) is 20.5. The largest absolute Gasteiger partial charge is 0.383 e. The molecule has 0 spiro atoms. The Morgan fingerprint density at radius 1 is 1.29 bits per heavy atom. The predicted molar refractivity (Wildman–Crippen MR) is 88.6 cm³/mol. The Kier molecular flexibility index (Phi) is 4.71. The SMILES string of the molecule is Cc1c(N)nc(C(C)(C)C)nc1NCC1CCCCN1C. The van der Waals surface area contributed by atoms with E-state index in [-0.39, 0.29) is 5.41 Å². The monoisotopic (exact) mass is 291 g/mol. The van der Waals surface area contributed by atoms with Crippen LogP contribution in [0.5, 0.6) is 0 Å². The highest BCUT2D eigenvalue weighted by molar-refractivity contribution is 5.55.